The number of hydrogen-bond donors (Lipinski definition) is 0. The molecular formula is C106H236P8+8. The Labute approximate surface area is 737 Å². The fraction of sp³-hybridized carbons (Fsp3) is 1.00. The molecule has 8 heteroatoms. The third kappa shape index (κ3) is 67.7. The van der Waals surface area contributed by atoms with E-state index < -0.39 is 58.1 Å². The molecule has 114 heavy (non-hydrogen) atoms. The summed E-state index contributed by atoms with van der Waals surface area (Å²) < 4.78 is 0. The fourth-order valence-electron chi connectivity index (χ4n) is 21.0. The molecule has 0 aromatic rings. The van der Waals surface area contributed by atoms with Crippen LogP contribution in [-0.4, -0.2) is 198 Å². The summed E-state index contributed by atoms with van der Waals surface area (Å²) in [5, 5.41) is 0. The van der Waals surface area contributed by atoms with Crippen LogP contribution in [0.5, 0.6) is 0 Å². The summed E-state index contributed by atoms with van der Waals surface area (Å²) in [4.78, 5) is 0. The maximum absolute atomic E-state index is 2.69. The minimum Gasteiger partial charge on any atom is -0.0654 e. The summed E-state index contributed by atoms with van der Waals surface area (Å²) in [7, 11) is -5.03. The molecule has 0 unspecified atom stereocenters. The molecule has 0 saturated carbocycles. The summed E-state index contributed by atoms with van der Waals surface area (Å²) in [6, 6.07) is 0. The van der Waals surface area contributed by atoms with Gasteiger partial charge in [-0.3, -0.25) is 0 Å². The minimum absolute atomic E-state index is 0.602. The first kappa shape index (κ1) is 124. The zero-order chi connectivity index (χ0) is 86.0. The Morgan fingerprint density at radius 3 is 0.325 bits per heavy atom. The second-order valence-electron chi connectivity index (χ2n) is 39.6. The van der Waals surface area contributed by atoms with Gasteiger partial charge < -0.3 is 0 Å². The summed E-state index contributed by atoms with van der Waals surface area (Å²) in [5.74, 6) is 0. The van der Waals surface area contributed by atoms with Crippen molar-refractivity contribution in [3.05, 3.63) is 0 Å². The van der Waals surface area contributed by atoms with Gasteiger partial charge in [-0.05, 0) is 244 Å². The van der Waals surface area contributed by atoms with Crippen molar-refractivity contribution >= 4 is 58.1 Å². The van der Waals surface area contributed by atoms with Crippen LogP contribution < -0.4 is 0 Å². The zero-order valence-corrected chi connectivity index (χ0v) is 92.7. The lowest BCUT2D eigenvalue weighted by molar-refractivity contribution is 0.697. The van der Waals surface area contributed by atoms with Gasteiger partial charge in [0.15, 0.2) is 0 Å². The van der Waals surface area contributed by atoms with Crippen LogP contribution >= 0.6 is 58.1 Å². The van der Waals surface area contributed by atoms with E-state index in [2.05, 4.69) is 166 Å². The molecule has 0 saturated heterocycles. The van der Waals surface area contributed by atoms with Crippen LogP contribution in [-0.2, 0) is 0 Å². The molecule has 0 atom stereocenters. The van der Waals surface area contributed by atoms with Gasteiger partial charge in [-0.1, -0.05) is 242 Å². The Balaban J connectivity index is -0.000000710. The predicted octanol–water partition coefficient (Wildman–Crippen LogP) is 40.1. The van der Waals surface area contributed by atoms with E-state index in [0.717, 1.165) is 0 Å². The highest BCUT2D eigenvalue weighted by molar-refractivity contribution is 7.78. The molecule has 0 fully saturated rings. The monoisotopic (exact) mass is 1760 g/mol. The lowest BCUT2D eigenvalue weighted by Gasteiger charge is -2.29. The lowest BCUT2D eigenvalue weighted by atomic mass is 10.2. The number of unbranched alkanes of at least 4 members (excludes halogenated alkanes) is 26. The van der Waals surface area contributed by atoms with E-state index in [1.807, 2.05) is 0 Å². The Kier molecular flexibility index (Phi) is 94.6. The predicted molar refractivity (Wildman–Crippen MR) is 578 cm³/mol. The molecule has 0 radical (unpaired) electrons. The van der Waals surface area contributed by atoms with E-state index in [1.54, 1.807) is 211 Å². The molecule has 0 aromatic carbocycles. The summed E-state index contributed by atoms with van der Waals surface area (Å²) in [6.07, 6.45) is 124. The highest BCUT2D eigenvalue weighted by Gasteiger charge is 2.40. The van der Waals surface area contributed by atoms with E-state index in [-0.39, 0.29) is 0 Å². The molecule has 0 rings (SSSR count). The van der Waals surface area contributed by atoms with Gasteiger partial charge in [0.05, 0.1) is 185 Å². The molecule has 0 N–H and O–H groups in total. The van der Waals surface area contributed by atoms with Crippen LogP contribution in [0.25, 0.3) is 0 Å². The van der Waals surface area contributed by atoms with Gasteiger partial charge in [-0.15, -0.1) is 0 Å². The van der Waals surface area contributed by atoms with E-state index in [0.29, 0.717) is 0 Å². The molecule has 0 nitrogen and oxygen atoms in total. The van der Waals surface area contributed by atoms with Crippen LogP contribution in [0.1, 0.15) is 486 Å². The molecular weight excluding hydrogens is 1520 g/mol. The molecule has 0 aliphatic carbocycles. The lowest BCUT2D eigenvalue weighted by Crippen LogP contribution is -2.14. The summed E-state index contributed by atoms with van der Waals surface area (Å²) >= 11 is 0. The fourth-order valence-corrected chi connectivity index (χ4v) is 59.3. The molecule has 692 valence electrons. The second-order valence-corrected chi connectivity index (χ2v) is 75.6. The average molecular weight is 1760 g/mol. The van der Waals surface area contributed by atoms with Crippen molar-refractivity contribution < 1.29 is 0 Å². The van der Waals surface area contributed by atoms with Gasteiger partial charge in [0.25, 0.3) is 0 Å². The number of rotatable bonds is 86. The Morgan fingerprint density at radius 1 is 0.0877 bits per heavy atom. The van der Waals surface area contributed by atoms with Crippen molar-refractivity contribution in [3.8, 4) is 0 Å². The van der Waals surface area contributed by atoms with Gasteiger partial charge in [0.1, 0.15) is 0 Å². The Hall–Kier alpha value is 3.44. The Morgan fingerprint density at radius 2 is 0.184 bits per heavy atom. The van der Waals surface area contributed by atoms with Crippen LogP contribution in [0.4, 0.5) is 0 Å². The van der Waals surface area contributed by atoms with E-state index in [9.17, 15) is 0 Å². The molecule has 0 amide bonds. The quantitative estimate of drug-likeness (QED) is 0.0421. The SMILES string of the molecule is CCCCC[P+](CCC)(CCC)CCCCCC[P+](CCC)(CCC)CCCCC.CCCC[P+](C)(CCCC)CCCCCC[P+](C)(CCCC)CCCC.CCCC[P+](CCCC)(CCCC)CCCCCC[P+](CCCC)(CCCC)CCCC.CCC[P+](CCC)(CCC)CCCCCC[P+](CCC)(CCC)CCC. The van der Waals surface area contributed by atoms with Crippen molar-refractivity contribution in [1.29, 1.82) is 0 Å². The minimum atomic E-state index is -0.664. The van der Waals surface area contributed by atoms with Gasteiger partial charge in [-0.2, -0.15) is 0 Å². The van der Waals surface area contributed by atoms with Crippen LogP contribution in [0.15, 0.2) is 0 Å². The van der Waals surface area contributed by atoms with Crippen LogP contribution in [0.2, 0.25) is 0 Å². The van der Waals surface area contributed by atoms with Crippen molar-refractivity contribution in [2.45, 2.75) is 486 Å². The van der Waals surface area contributed by atoms with Gasteiger partial charge in [0.2, 0.25) is 0 Å². The highest BCUT2D eigenvalue weighted by Crippen LogP contribution is 2.67. The van der Waals surface area contributed by atoms with Crippen LogP contribution in [0.3, 0.4) is 0 Å². The first-order chi connectivity index (χ1) is 55.2. The van der Waals surface area contributed by atoms with E-state index in [1.165, 1.54) is 308 Å². The van der Waals surface area contributed by atoms with Crippen molar-refractivity contribution in [1.82, 2.24) is 0 Å². The normalized spacial score (nSPS) is 12.6. The van der Waals surface area contributed by atoms with Gasteiger partial charge in [-0.25, -0.2) is 0 Å². The molecule has 0 heterocycles. The molecule has 0 spiro atoms. The molecule has 0 bridgehead atoms. The first-order valence-corrected chi connectivity index (χ1v) is 74.7. The van der Waals surface area contributed by atoms with Gasteiger partial charge in [0, 0.05) is 71.4 Å². The topological polar surface area (TPSA) is 0 Å². The molecule has 0 aromatic heterocycles. The summed E-state index contributed by atoms with van der Waals surface area (Å²) in [6.45, 7) is 58.2. The molecule has 0 aliphatic heterocycles. The maximum atomic E-state index is 2.69. The third-order valence-electron chi connectivity index (χ3n) is 27.8. The third-order valence-corrected chi connectivity index (χ3v) is 67.8. The Bertz CT molecular complexity index is 1620. The molecule has 0 aliphatic rings. The van der Waals surface area contributed by atoms with Crippen LogP contribution in [0, 0.1) is 0 Å². The smallest absolute Gasteiger partial charge is 0.0594 e. The largest absolute Gasteiger partial charge is 0.0654 e. The van der Waals surface area contributed by atoms with Gasteiger partial charge >= 0.3 is 0 Å². The van der Waals surface area contributed by atoms with E-state index >= 15 is 0 Å². The first-order valence-electron chi connectivity index (χ1n) is 53.9. The number of hydrogen-bond acceptors (Lipinski definition) is 0. The van der Waals surface area contributed by atoms with E-state index in [4.69, 9.17) is 0 Å². The zero-order valence-electron chi connectivity index (χ0n) is 85.6. The van der Waals surface area contributed by atoms with Crippen molar-refractivity contribution in [2.24, 2.45) is 0 Å². The van der Waals surface area contributed by atoms with Crippen molar-refractivity contribution in [3.63, 3.8) is 0 Å². The maximum Gasteiger partial charge on any atom is 0.0594 e. The van der Waals surface area contributed by atoms with Crippen molar-refractivity contribution in [2.75, 3.05) is 198 Å². The highest BCUT2D eigenvalue weighted by atomic mass is 31.2. The standard InChI is InChI=1S/C30H66P2.C28H62P2.2C24H54P2/c1-7-13-23-31(24-14-8-2,25-15-9-3)29-21-19-20-22-30-32(26-16-10-4,27-17-11-5)28-18-12-6;1-7-13-17-25-29(21-9-3,22-10-4)27-19-15-16-20-28-30(23-11-5,24-12-6)26-18-14-8-2;1-7-11-19-25(5,20-12-8-2)23-17-15-16-18-24-26(6,21-13-9-3)22-14-10-4;1-7-17-25(18-8-2,19-9-3)23-15-13-14-16-24-26(20-10-4,21-11-5)22-12-6/h7-30H2,1-6H3;7-28H2,1-6H3;2*7-24H2,1-6H3/q4*+2. The average Bonchev–Trinajstić information content (AvgIpc) is 0.852. The second kappa shape index (κ2) is 87.1. The summed E-state index contributed by atoms with van der Waals surface area (Å²) in [5.41, 5.74) is 0.